The molecule has 1 amide bonds. The molecular weight excluding hydrogens is 247 g/mol. The largest absolute Gasteiger partial charge is 0.481 e. The molecule has 1 aliphatic carbocycles. The summed E-state index contributed by atoms with van der Waals surface area (Å²) in [6.45, 7) is 1.59. The highest BCUT2D eigenvalue weighted by Crippen LogP contribution is 2.23. The third kappa shape index (κ3) is 3.59. The van der Waals surface area contributed by atoms with Gasteiger partial charge in [-0.2, -0.15) is 0 Å². The summed E-state index contributed by atoms with van der Waals surface area (Å²) in [7, 11) is 0. The van der Waals surface area contributed by atoms with Crippen LogP contribution in [0.25, 0.3) is 0 Å². The van der Waals surface area contributed by atoms with Gasteiger partial charge in [0, 0.05) is 17.8 Å². The van der Waals surface area contributed by atoms with E-state index in [-0.39, 0.29) is 24.3 Å². The number of hydrogen-bond donors (Lipinski definition) is 2. The summed E-state index contributed by atoms with van der Waals surface area (Å²) in [6, 6.07) is 2.96. The number of aryl methyl sites for hydroxylation is 1. The Morgan fingerprint density at radius 1 is 1.47 bits per heavy atom. The highest BCUT2D eigenvalue weighted by molar-refractivity contribution is 5.77. The minimum absolute atomic E-state index is 0.0632. The third-order valence-electron chi connectivity index (χ3n) is 3.40. The molecule has 1 fully saturated rings. The molecular formula is C14H19FN2O2. The van der Waals surface area contributed by atoms with Crippen LogP contribution in [-0.2, 0) is 4.79 Å². The molecule has 1 aliphatic rings. The van der Waals surface area contributed by atoms with Crippen molar-refractivity contribution in [3.05, 3.63) is 23.5 Å². The lowest BCUT2D eigenvalue weighted by molar-refractivity contribution is -0.123. The number of hydrogen-bond acceptors (Lipinski definition) is 3. The number of carbonyl (C=O) groups is 1. The van der Waals surface area contributed by atoms with Gasteiger partial charge in [-0.1, -0.05) is 12.8 Å². The monoisotopic (exact) mass is 266 g/mol. The molecule has 104 valence electrons. The molecule has 1 saturated carbocycles. The van der Waals surface area contributed by atoms with Gasteiger partial charge in [-0.25, -0.2) is 4.39 Å². The van der Waals surface area contributed by atoms with Gasteiger partial charge >= 0.3 is 0 Å². The summed E-state index contributed by atoms with van der Waals surface area (Å²) in [5.74, 6) is -0.689. The van der Waals surface area contributed by atoms with Crippen LogP contribution in [0.4, 0.5) is 10.1 Å². The Hall–Kier alpha value is -1.78. The quantitative estimate of drug-likeness (QED) is 0.821. The van der Waals surface area contributed by atoms with Crippen molar-refractivity contribution >= 4 is 11.6 Å². The van der Waals surface area contributed by atoms with Crippen LogP contribution in [-0.4, -0.2) is 18.6 Å². The molecule has 2 rings (SSSR count). The van der Waals surface area contributed by atoms with Gasteiger partial charge in [-0.05, 0) is 31.4 Å². The maximum Gasteiger partial charge on any atom is 0.258 e. The van der Waals surface area contributed by atoms with Crippen LogP contribution in [0.5, 0.6) is 5.75 Å². The molecule has 0 saturated heterocycles. The fraction of sp³-hybridized carbons (Fsp3) is 0.500. The number of benzene rings is 1. The van der Waals surface area contributed by atoms with E-state index < -0.39 is 5.82 Å². The lowest BCUT2D eigenvalue weighted by Crippen LogP contribution is -2.36. The second-order valence-corrected chi connectivity index (χ2v) is 4.98. The van der Waals surface area contributed by atoms with Crippen LogP contribution >= 0.6 is 0 Å². The van der Waals surface area contributed by atoms with Crippen molar-refractivity contribution in [2.24, 2.45) is 0 Å². The van der Waals surface area contributed by atoms with Gasteiger partial charge in [-0.15, -0.1) is 0 Å². The average Bonchev–Trinajstić information content (AvgIpc) is 2.85. The van der Waals surface area contributed by atoms with E-state index in [9.17, 15) is 9.18 Å². The first kappa shape index (κ1) is 13.6. The van der Waals surface area contributed by atoms with Crippen molar-refractivity contribution < 1.29 is 13.9 Å². The molecule has 19 heavy (non-hydrogen) atoms. The molecule has 0 spiro atoms. The Morgan fingerprint density at radius 3 is 2.84 bits per heavy atom. The topological polar surface area (TPSA) is 64.3 Å². The van der Waals surface area contributed by atoms with Crippen molar-refractivity contribution in [2.75, 3.05) is 12.3 Å². The first-order chi connectivity index (χ1) is 9.06. The van der Waals surface area contributed by atoms with E-state index in [4.69, 9.17) is 10.5 Å². The number of rotatable bonds is 4. The number of amides is 1. The molecule has 1 aromatic carbocycles. The summed E-state index contributed by atoms with van der Waals surface area (Å²) in [4.78, 5) is 11.7. The minimum Gasteiger partial charge on any atom is -0.481 e. The van der Waals surface area contributed by atoms with Gasteiger partial charge in [0.15, 0.2) is 18.2 Å². The van der Waals surface area contributed by atoms with E-state index in [0.717, 1.165) is 31.2 Å². The fourth-order valence-electron chi connectivity index (χ4n) is 2.26. The Labute approximate surface area is 112 Å². The zero-order valence-electron chi connectivity index (χ0n) is 11.0. The summed E-state index contributed by atoms with van der Waals surface area (Å²) < 4.78 is 18.8. The molecule has 3 N–H and O–H groups in total. The lowest BCUT2D eigenvalue weighted by Gasteiger charge is -2.13. The Balaban J connectivity index is 1.87. The third-order valence-corrected chi connectivity index (χ3v) is 3.40. The predicted octanol–water partition coefficient (Wildman–Crippen LogP) is 2.15. The Kier molecular flexibility index (Phi) is 4.24. The number of nitrogens with two attached hydrogens (primary N) is 1. The highest BCUT2D eigenvalue weighted by Gasteiger charge is 2.17. The van der Waals surface area contributed by atoms with E-state index >= 15 is 0 Å². The number of carbonyl (C=O) groups excluding carboxylic acids is 1. The van der Waals surface area contributed by atoms with Gasteiger partial charge in [0.25, 0.3) is 5.91 Å². The summed E-state index contributed by atoms with van der Waals surface area (Å²) in [6.07, 6.45) is 4.33. The zero-order chi connectivity index (χ0) is 13.8. The maximum absolute atomic E-state index is 13.5. The van der Waals surface area contributed by atoms with Crippen molar-refractivity contribution in [1.29, 1.82) is 0 Å². The first-order valence-corrected chi connectivity index (χ1v) is 6.54. The molecule has 0 heterocycles. The highest BCUT2D eigenvalue weighted by atomic mass is 19.1. The van der Waals surface area contributed by atoms with Crippen molar-refractivity contribution in [3.63, 3.8) is 0 Å². The first-order valence-electron chi connectivity index (χ1n) is 6.54. The van der Waals surface area contributed by atoms with E-state index in [1.165, 1.54) is 12.1 Å². The number of nitrogen functional groups attached to an aromatic ring is 1. The van der Waals surface area contributed by atoms with Gasteiger partial charge in [0.1, 0.15) is 0 Å². The number of nitrogens with one attached hydrogen (secondary N) is 1. The Morgan fingerprint density at radius 2 is 2.16 bits per heavy atom. The van der Waals surface area contributed by atoms with Gasteiger partial charge in [0.2, 0.25) is 0 Å². The zero-order valence-corrected chi connectivity index (χ0v) is 11.0. The Bertz CT molecular complexity index is 471. The van der Waals surface area contributed by atoms with E-state index in [1.807, 2.05) is 0 Å². The van der Waals surface area contributed by atoms with Crippen molar-refractivity contribution in [2.45, 2.75) is 38.6 Å². The van der Waals surface area contributed by atoms with Crippen molar-refractivity contribution in [1.82, 2.24) is 5.32 Å². The summed E-state index contributed by atoms with van der Waals surface area (Å²) in [5.41, 5.74) is 6.68. The predicted molar refractivity (Wildman–Crippen MR) is 71.4 cm³/mol. The van der Waals surface area contributed by atoms with E-state index in [1.54, 1.807) is 6.92 Å². The molecule has 0 bridgehead atoms. The molecule has 5 heteroatoms. The van der Waals surface area contributed by atoms with Crippen LogP contribution in [0.2, 0.25) is 0 Å². The average molecular weight is 266 g/mol. The molecule has 0 aliphatic heterocycles. The lowest BCUT2D eigenvalue weighted by atomic mass is 10.2. The molecule has 0 aromatic heterocycles. The summed E-state index contributed by atoms with van der Waals surface area (Å²) in [5, 5.41) is 2.88. The van der Waals surface area contributed by atoms with E-state index in [0.29, 0.717) is 5.69 Å². The van der Waals surface area contributed by atoms with Crippen LogP contribution in [0.1, 0.15) is 31.2 Å². The van der Waals surface area contributed by atoms with Gasteiger partial charge in [-0.3, -0.25) is 4.79 Å². The van der Waals surface area contributed by atoms with Crippen LogP contribution in [0, 0.1) is 12.7 Å². The summed E-state index contributed by atoms with van der Waals surface area (Å²) >= 11 is 0. The second kappa shape index (κ2) is 5.91. The smallest absolute Gasteiger partial charge is 0.258 e. The number of anilines is 1. The van der Waals surface area contributed by atoms with E-state index in [2.05, 4.69) is 5.32 Å². The number of halogens is 1. The fourth-order valence-corrected chi connectivity index (χ4v) is 2.26. The van der Waals surface area contributed by atoms with Gasteiger partial charge < -0.3 is 15.8 Å². The molecule has 0 radical (unpaired) electrons. The second-order valence-electron chi connectivity index (χ2n) is 4.98. The maximum atomic E-state index is 13.5. The molecule has 4 nitrogen and oxygen atoms in total. The molecule has 1 aromatic rings. The van der Waals surface area contributed by atoms with Crippen molar-refractivity contribution in [3.8, 4) is 5.75 Å². The SMILES string of the molecule is Cc1cc(OCC(=O)NC2CCCC2)c(F)cc1N. The van der Waals surface area contributed by atoms with Crippen LogP contribution in [0.3, 0.4) is 0 Å². The standard InChI is InChI=1S/C14H19FN2O2/c1-9-6-13(11(15)7-12(9)16)19-8-14(18)17-10-4-2-3-5-10/h6-7,10H,2-5,8,16H2,1H3,(H,17,18). The van der Waals surface area contributed by atoms with Crippen LogP contribution < -0.4 is 15.8 Å². The van der Waals surface area contributed by atoms with Gasteiger partial charge in [0.05, 0.1) is 0 Å². The molecule has 0 atom stereocenters. The normalized spacial score (nSPS) is 15.5. The molecule has 0 unspecified atom stereocenters. The van der Waals surface area contributed by atoms with Crippen LogP contribution in [0.15, 0.2) is 12.1 Å². The number of ether oxygens (including phenoxy) is 1. The minimum atomic E-state index is -0.545.